The van der Waals surface area contributed by atoms with Gasteiger partial charge in [-0.15, -0.1) is 0 Å². The molecule has 4 rings (SSSR count). The summed E-state index contributed by atoms with van der Waals surface area (Å²) >= 11 is 0. The minimum atomic E-state index is -1.76. The predicted octanol–water partition coefficient (Wildman–Crippen LogP) is 6.56. The molecule has 0 bridgehead atoms. The fourth-order valence-corrected chi connectivity index (χ4v) is 4.18. The van der Waals surface area contributed by atoms with E-state index in [1.807, 2.05) is 38.1 Å². The molecule has 0 aromatic heterocycles. The monoisotopic (exact) mass is 684 g/mol. The van der Waals surface area contributed by atoms with Gasteiger partial charge in [0.1, 0.15) is 24.7 Å². The number of nitro benzene ring substituents is 1. The minimum Gasteiger partial charge on any atom is -0.490 e. The van der Waals surface area contributed by atoms with Crippen LogP contribution in [0.1, 0.15) is 49.1 Å². The van der Waals surface area contributed by atoms with Crippen LogP contribution in [0, 0.1) is 49.1 Å². The summed E-state index contributed by atoms with van der Waals surface area (Å²) in [6, 6.07) is 25.8. The van der Waals surface area contributed by atoms with Gasteiger partial charge in [0.25, 0.3) is 17.5 Å². The quantitative estimate of drug-likeness (QED) is 0.100. The van der Waals surface area contributed by atoms with E-state index in [0.29, 0.717) is 34.0 Å². The summed E-state index contributed by atoms with van der Waals surface area (Å²) in [5, 5.41) is 45.6. The third-order valence-electron chi connectivity index (χ3n) is 7.32. The maximum atomic E-state index is 12.3. The van der Waals surface area contributed by atoms with Crippen LogP contribution in [0.15, 0.2) is 84.9 Å². The van der Waals surface area contributed by atoms with E-state index in [1.165, 1.54) is 32.0 Å². The molecule has 12 nitrogen and oxygen atoms in total. The lowest BCUT2D eigenvalue weighted by atomic mass is 10.1. The van der Waals surface area contributed by atoms with Gasteiger partial charge in [-0.05, 0) is 102 Å². The molecule has 0 aliphatic carbocycles. The van der Waals surface area contributed by atoms with Crippen molar-refractivity contribution in [1.29, 1.82) is 5.26 Å². The number of anilines is 2. The standard InChI is InChI=1S/C19H20N2O3.C18H20N2O5.CH4/c1-13-4-8-17(9-5-13)24-12-19(3,23)18(22)21-16-7-6-15(11-20)14(2)10-16;1-12-4-7-15(8-5-12)25-11-18(3,22)17(21)19-14-6-9-16(20(23)24)13(2)10-14;/h4-10,23H,12H2,1-3H3,(H,21,22);4-10,22H,11H2,1-3H3,(H,19,21);1H4/t19-;18-;/m00./s1. The van der Waals surface area contributed by atoms with Gasteiger partial charge in [0.2, 0.25) is 0 Å². The predicted molar refractivity (Wildman–Crippen MR) is 192 cm³/mol. The van der Waals surface area contributed by atoms with Crippen LogP contribution in [0.25, 0.3) is 0 Å². The molecule has 0 heterocycles. The molecular formula is C38H44N4O8. The molecule has 0 saturated carbocycles. The Kier molecular flexibility index (Phi) is 14.2. The van der Waals surface area contributed by atoms with Crippen molar-refractivity contribution >= 4 is 28.9 Å². The van der Waals surface area contributed by atoms with E-state index < -0.39 is 27.9 Å². The number of aliphatic hydroxyl groups is 2. The lowest BCUT2D eigenvalue weighted by Gasteiger charge is -2.22. The topological polar surface area (TPSA) is 184 Å². The second kappa shape index (κ2) is 17.6. The number of carbonyl (C=O) groups excluding carboxylic acids is 2. The summed E-state index contributed by atoms with van der Waals surface area (Å²) in [6.45, 7) is 9.61. The van der Waals surface area contributed by atoms with E-state index in [4.69, 9.17) is 14.7 Å². The van der Waals surface area contributed by atoms with Crippen LogP contribution in [-0.2, 0) is 9.59 Å². The number of amides is 2. The number of hydrogen-bond acceptors (Lipinski definition) is 9. The van der Waals surface area contributed by atoms with Crippen LogP contribution in [0.4, 0.5) is 17.1 Å². The van der Waals surface area contributed by atoms with E-state index >= 15 is 0 Å². The van der Waals surface area contributed by atoms with Crippen molar-refractivity contribution in [3.8, 4) is 17.6 Å². The molecule has 0 unspecified atom stereocenters. The van der Waals surface area contributed by atoms with Crippen molar-refractivity contribution in [2.45, 2.75) is 60.2 Å². The molecule has 50 heavy (non-hydrogen) atoms. The summed E-state index contributed by atoms with van der Waals surface area (Å²) in [5.74, 6) is -0.0978. The third-order valence-corrected chi connectivity index (χ3v) is 7.32. The average molecular weight is 685 g/mol. The Morgan fingerprint density at radius 3 is 1.50 bits per heavy atom. The highest BCUT2D eigenvalue weighted by Crippen LogP contribution is 2.23. The molecule has 264 valence electrons. The number of benzene rings is 4. The van der Waals surface area contributed by atoms with Crippen LogP contribution >= 0.6 is 0 Å². The molecule has 4 N–H and O–H groups in total. The number of ether oxygens (including phenoxy) is 2. The molecule has 0 aliphatic heterocycles. The molecule has 0 radical (unpaired) electrons. The van der Waals surface area contributed by atoms with Crippen LogP contribution in [-0.4, -0.2) is 51.4 Å². The Hall–Kier alpha value is -5.77. The number of nitriles is 1. The van der Waals surface area contributed by atoms with Gasteiger partial charge in [0, 0.05) is 23.0 Å². The zero-order chi connectivity index (χ0) is 36.4. The Balaban J connectivity index is 0.000000340. The fourth-order valence-electron chi connectivity index (χ4n) is 4.18. The molecular weight excluding hydrogens is 640 g/mol. The molecule has 2 amide bonds. The second-order valence-electron chi connectivity index (χ2n) is 12.1. The zero-order valence-electron chi connectivity index (χ0n) is 28.2. The maximum absolute atomic E-state index is 12.3. The van der Waals surface area contributed by atoms with Crippen molar-refractivity contribution in [1.82, 2.24) is 0 Å². The first-order chi connectivity index (χ1) is 23.0. The smallest absolute Gasteiger partial charge is 0.272 e. The Morgan fingerprint density at radius 1 is 0.740 bits per heavy atom. The first-order valence-corrected chi connectivity index (χ1v) is 15.2. The highest BCUT2D eigenvalue weighted by molar-refractivity contribution is 5.97. The highest BCUT2D eigenvalue weighted by Gasteiger charge is 2.32. The van der Waals surface area contributed by atoms with Crippen molar-refractivity contribution in [2.75, 3.05) is 23.8 Å². The summed E-state index contributed by atoms with van der Waals surface area (Å²) in [6.07, 6.45) is 0. The fraction of sp³-hybridized carbons (Fsp3) is 0.289. The van der Waals surface area contributed by atoms with Gasteiger partial charge in [-0.1, -0.05) is 42.8 Å². The summed E-state index contributed by atoms with van der Waals surface area (Å²) < 4.78 is 10.9. The molecule has 0 saturated heterocycles. The van der Waals surface area contributed by atoms with Crippen molar-refractivity contribution in [3.63, 3.8) is 0 Å². The lowest BCUT2D eigenvalue weighted by Crippen LogP contribution is -2.45. The number of nitrogens with one attached hydrogen (secondary N) is 2. The number of aryl methyl sites for hydroxylation is 4. The van der Waals surface area contributed by atoms with Gasteiger partial charge in [0.15, 0.2) is 11.2 Å². The molecule has 0 spiro atoms. The van der Waals surface area contributed by atoms with E-state index in [-0.39, 0.29) is 26.3 Å². The zero-order valence-corrected chi connectivity index (χ0v) is 28.2. The third kappa shape index (κ3) is 11.7. The number of hydrogen-bond donors (Lipinski definition) is 4. The lowest BCUT2D eigenvalue weighted by molar-refractivity contribution is -0.385. The van der Waals surface area contributed by atoms with Gasteiger partial charge in [-0.25, -0.2) is 0 Å². The van der Waals surface area contributed by atoms with Crippen molar-refractivity contribution < 1.29 is 34.2 Å². The first-order valence-electron chi connectivity index (χ1n) is 15.2. The number of nitro groups is 1. The average Bonchev–Trinajstić information content (AvgIpc) is 3.04. The van der Waals surface area contributed by atoms with E-state index in [9.17, 15) is 29.9 Å². The molecule has 0 fully saturated rings. The minimum absolute atomic E-state index is 0. The molecule has 0 aliphatic rings. The van der Waals surface area contributed by atoms with Gasteiger partial charge in [-0.2, -0.15) is 5.26 Å². The normalized spacial score (nSPS) is 12.6. The summed E-state index contributed by atoms with van der Waals surface area (Å²) in [5.41, 5.74) is 1.29. The summed E-state index contributed by atoms with van der Waals surface area (Å²) in [7, 11) is 0. The molecule has 12 heteroatoms. The van der Waals surface area contributed by atoms with E-state index in [2.05, 4.69) is 16.7 Å². The van der Waals surface area contributed by atoms with Gasteiger partial charge < -0.3 is 30.3 Å². The van der Waals surface area contributed by atoms with Crippen molar-refractivity contribution in [3.05, 3.63) is 123 Å². The highest BCUT2D eigenvalue weighted by atomic mass is 16.6. The van der Waals surface area contributed by atoms with Crippen LogP contribution in [0.5, 0.6) is 11.5 Å². The van der Waals surface area contributed by atoms with Crippen LogP contribution in [0.3, 0.4) is 0 Å². The van der Waals surface area contributed by atoms with Crippen molar-refractivity contribution in [2.24, 2.45) is 0 Å². The van der Waals surface area contributed by atoms with E-state index in [1.54, 1.807) is 56.3 Å². The Labute approximate surface area is 292 Å². The van der Waals surface area contributed by atoms with Crippen LogP contribution in [0.2, 0.25) is 0 Å². The number of rotatable bonds is 11. The van der Waals surface area contributed by atoms with Gasteiger partial charge in [0.05, 0.1) is 16.6 Å². The Morgan fingerprint density at radius 2 is 1.14 bits per heavy atom. The first kappa shape index (κ1) is 40.4. The van der Waals surface area contributed by atoms with Crippen LogP contribution < -0.4 is 20.1 Å². The van der Waals surface area contributed by atoms with E-state index in [0.717, 1.165) is 16.7 Å². The number of carbonyl (C=O) groups is 2. The molecule has 2 atom stereocenters. The summed E-state index contributed by atoms with van der Waals surface area (Å²) in [4.78, 5) is 34.9. The number of nitrogens with zero attached hydrogens (tertiary/aromatic N) is 2. The maximum Gasteiger partial charge on any atom is 0.272 e. The Bertz CT molecular complexity index is 1830. The SMILES string of the molecule is C.Cc1ccc(OC[C@](C)(O)C(=O)Nc2ccc(C#N)c(C)c2)cc1.Cc1ccc(OC[C@](C)(O)C(=O)Nc2ccc([N+](=O)[O-])c(C)c2)cc1. The second-order valence-corrected chi connectivity index (χ2v) is 12.1. The van der Waals surface area contributed by atoms with Gasteiger partial charge >= 0.3 is 0 Å². The molecule has 4 aromatic carbocycles. The largest absolute Gasteiger partial charge is 0.490 e. The van der Waals surface area contributed by atoms with Gasteiger partial charge in [-0.3, -0.25) is 19.7 Å². The molecule has 4 aromatic rings.